The summed E-state index contributed by atoms with van der Waals surface area (Å²) in [7, 11) is 0. The third-order valence-electron chi connectivity index (χ3n) is 15.4. The summed E-state index contributed by atoms with van der Waals surface area (Å²) in [5, 5.41) is 0. The standard InChI is InChI=1S/C21H32O2.C20H28O3.CH4/c1-15-12-16(13-22)6-7-18-20(4)10-5-9-19(2,3)17(20)8-11-21(15,18)14-23;1-18(2)8-4-9-19(3)15(18)7-10-20(13-22)16(19)6-5-14(12-21)11-17(20)23;/h6,13-15,17-18H,5,7-12H2,1-4H3;5,12-13,15-16H,4,6-11H2,1-3H3;1H4. The summed E-state index contributed by atoms with van der Waals surface area (Å²) in [4.78, 5) is 60.0. The fraction of sp³-hybridized carbons (Fsp3) is 0.786. The van der Waals surface area contributed by atoms with Crippen molar-refractivity contribution in [2.75, 3.05) is 0 Å². The van der Waals surface area contributed by atoms with Crippen LogP contribution in [0.3, 0.4) is 0 Å². The summed E-state index contributed by atoms with van der Waals surface area (Å²) < 4.78 is 0. The van der Waals surface area contributed by atoms with Crippen LogP contribution < -0.4 is 0 Å². The lowest BCUT2D eigenvalue weighted by Crippen LogP contribution is -2.58. The van der Waals surface area contributed by atoms with Crippen molar-refractivity contribution in [3.63, 3.8) is 0 Å². The van der Waals surface area contributed by atoms with Crippen molar-refractivity contribution in [3.8, 4) is 0 Å². The molecule has 0 N–H and O–H groups in total. The normalized spacial score (nSPS) is 43.4. The van der Waals surface area contributed by atoms with E-state index in [1.807, 2.05) is 6.08 Å². The Labute approximate surface area is 285 Å². The molecule has 6 rings (SSSR count). The minimum absolute atomic E-state index is 0. The van der Waals surface area contributed by atoms with Crippen LogP contribution in [-0.4, -0.2) is 30.9 Å². The molecule has 0 heterocycles. The van der Waals surface area contributed by atoms with Gasteiger partial charge >= 0.3 is 0 Å². The van der Waals surface area contributed by atoms with E-state index in [-0.39, 0.29) is 53.1 Å². The average Bonchev–Trinajstić information content (AvgIpc) is 3.25. The minimum atomic E-state index is -0.875. The summed E-state index contributed by atoms with van der Waals surface area (Å²) >= 11 is 0. The van der Waals surface area contributed by atoms with E-state index < -0.39 is 5.41 Å². The van der Waals surface area contributed by atoms with Crippen LogP contribution in [0.5, 0.6) is 0 Å². The predicted molar refractivity (Wildman–Crippen MR) is 189 cm³/mol. The number of hydrogen-bond acceptors (Lipinski definition) is 5. The third kappa shape index (κ3) is 5.92. The van der Waals surface area contributed by atoms with E-state index >= 15 is 0 Å². The molecule has 5 heteroatoms. The summed E-state index contributed by atoms with van der Waals surface area (Å²) in [6, 6.07) is 0. The Kier molecular flexibility index (Phi) is 10.6. The van der Waals surface area contributed by atoms with Crippen LogP contribution in [0.15, 0.2) is 23.3 Å². The number of rotatable bonds is 4. The highest BCUT2D eigenvalue weighted by atomic mass is 16.1. The molecule has 4 fully saturated rings. The zero-order valence-electron chi connectivity index (χ0n) is 29.8. The maximum atomic E-state index is 12.9. The lowest BCUT2D eigenvalue weighted by molar-refractivity contribution is -0.162. The highest BCUT2D eigenvalue weighted by molar-refractivity contribution is 6.02. The van der Waals surface area contributed by atoms with Gasteiger partial charge in [-0.3, -0.25) is 14.4 Å². The molecule has 0 bridgehead atoms. The summed E-state index contributed by atoms with van der Waals surface area (Å²) in [5.41, 5.74) is 1.21. The number of aldehydes is 4. The van der Waals surface area contributed by atoms with Gasteiger partial charge in [0.05, 0.1) is 5.41 Å². The fourth-order valence-electron chi connectivity index (χ4n) is 13.1. The molecule has 5 nitrogen and oxygen atoms in total. The zero-order valence-corrected chi connectivity index (χ0v) is 29.8. The SMILES string of the molecule is C.CC1(C)CCCC2(C)C1CCC1(C=O)C(=O)CC(C=O)=CCC12.CC1CC(C=O)=CCC2C3(C)CCCC(C)(C)C3CCC12C=O. The molecule has 4 saturated carbocycles. The molecule has 6 aliphatic rings. The van der Waals surface area contributed by atoms with Crippen LogP contribution in [0.2, 0.25) is 0 Å². The summed E-state index contributed by atoms with van der Waals surface area (Å²) in [6.45, 7) is 16.5. The number of Topliss-reactive ketones (excluding diaryl/α,β-unsaturated/α-hetero) is 1. The van der Waals surface area contributed by atoms with Crippen LogP contribution in [-0.2, 0) is 24.0 Å². The number of allylic oxidation sites excluding steroid dienone is 4. The Morgan fingerprint density at radius 2 is 1.15 bits per heavy atom. The molecule has 47 heavy (non-hydrogen) atoms. The highest BCUT2D eigenvalue weighted by Crippen LogP contribution is 2.68. The van der Waals surface area contributed by atoms with E-state index in [1.165, 1.54) is 38.4 Å². The van der Waals surface area contributed by atoms with E-state index in [9.17, 15) is 24.0 Å². The van der Waals surface area contributed by atoms with E-state index in [2.05, 4.69) is 54.5 Å². The molecule has 0 aromatic heterocycles. The smallest absolute Gasteiger partial charge is 0.150 e. The van der Waals surface area contributed by atoms with Gasteiger partial charge in [-0.25, -0.2) is 0 Å². The molecule has 9 unspecified atom stereocenters. The van der Waals surface area contributed by atoms with Crippen molar-refractivity contribution >= 4 is 30.9 Å². The average molecular weight is 649 g/mol. The first-order valence-corrected chi connectivity index (χ1v) is 18.3. The number of carbonyl (C=O) groups is 5. The van der Waals surface area contributed by atoms with Crippen molar-refractivity contribution in [1.82, 2.24) is 0 Å². The molecule has 0 radical (unpaired) electrons. The van der Waals surface area contributed by atoms with Crippen molar-refractivity contribution in [2.45, 2.75) is 146 Å². The lowest BCUT2D eigenvalue weighted by atomic mass is 9.41. The second-order valence-corrected chi connectivity index (χ2v) is 18.3. The van der Waals surface area contributed by atoms with Gasteiger partial charge in [0.1, 0.15) is 25.1 Å². The van der Waals surface area contributed by atoms with Crippen LogP contribution in [0.4, 0.5) is 0 Å². The van der Waals surface area contributed by atoms with Gasteiger partial charge in [0.15, 0.2) is 5.78 Å². The fourth-order valence-corrected chi connectivity index (χ4v) is 13.1. The van der Waals surface area contributed by atoms with Crippen molar-refractivity contribution < 1.29 is 24.0 Å². The molecule has 0 saturated heterocycles. The molecule has 0 aliphatic heterocycles. The summed E-state index contributed by atoms with van der Waals surface area (Å²) in [6.07, 6.45) is 21.6. The highest BCUT2D eigenvalue weighted by Gasteiger charge is 2.63. The quantitative estimate of drug-likeness (QED) is 0.224. The third-order valence-corrected chi connectivity index (χ3v) is 15.4. The topological polar surface area (TPSA) is 85.3 Å². The minimum Gasteiger partial charge on any atom is -0.303 e. The Bertz CT molecular complexity index is 1300. The molecule has 0 aromatic carbocycles. The molecule has 0 spiro atoms. The molecule has 262 valence electrons. The van der Waals surface area contributed by atoms with Gasteiger partial charge in [-0.05, 0) is 133 Å². The Hall–Kier alpha value is -2.17. The second kappa shape index (κ2) is 13.3. The van der Waals surface area contributed by atoms with Crippen LogP contribution in [0.1, 0.15) is 146 Å². The number of ketones is 1. The molecule has 9 atom stereocenters. The van der Waals surface area contributed by atoms with Gasteiger partial charge in [-0.2, -0.15) is 0 Å². The molecule has 6 aliphatic carbocycles. The first-order valence-electron chi connectivity index (χ1n) is 18.3. The number of fused-ring (bicyclic) bond motifs is 6. The lowest BCUT2D eigenvalue weighted by Gasteiger charge is -2.63. The Balaban J connectivity index is 0.000000208. The van der Waals surface area contributed by atoms with Gasteiger partial charge in [-0.15, -0.1) is 0 Å². The van der Waals surface area contributed by atoms with E-state index in [0.717, 1.165) is 63.0 Å². The van der Waals surface area contributed by atoms with Gasteiger partial charge in [0, 0.05) is 11.8 Å². The maximum Gasteiger partial charge on any atom is 0.150 e. The predicted octanol–water partition coefficient (Wildman–Crippen LogP) is 9.51. The first-order chi connectivity index (χ1) is 21.6. The first kappa shape index (κ1) is 37.6. The summed E-state index contributed by atoms with van der Waals surface area (Å²) in [5.74, 6) is 1.90. The van der Waals surface area contributed by atoms with Crippen molar-refractivity contribution in [1.29, 1.82) is 0 Å². The second-order valence-electron chi connectivity index (χ2n) is 18.3. The maximum absolute atomic E-state index is 12.9. The number of hydrogen-bond donors (Lipinski definition) is 0. The van der Waals surface area contributed by atoms with Crippen LogP contribution in [0, 0.1) is 62.1 Å². The monoisotopic (exact) mass is 648 g/mol. The van der Waals surface area contributed by atoms with Gasteiger partial charge in [-0.1, -0.05) is 80.9 Å². The molecule has 0 aromatic rings. The zero-order chi connectivity index (χ0) is 33.8. The van der Waals surface area contributed by atoms with Gasteiger partial charge in [0.2, 0.25) is 0 Å². The van der Waals surface area contributed by atoms with E-state index in [0.29, 0.717) is 41.6 Å². The van der Waals surface area contributed by atoms with Gasteiger partial charge in [0.25, 0.3) is 0 Å². The van der Waals surface area contributed by atoms with Crippen molar-refractivity contribution in [3.05, 3.63) is 23.3 Å². The van der Waals surface area contributed by atoms with Crippen LogP contribution >= 0.6 is 0 Å². The largest absolute Gasteiger partial charge is 0.303 e. The Morgan fingerprint density at radius 3 is 1.68 bits per heavy atom. The van der Waals surface area contributed by atoms with Crippen LogP contribution in [0.25, 0.3) is 0 Å². The van der Waals surface area contributed by atoms with Gasteiger partial charge < -0.3 is 9.59 Å². The Morgan fingerprint density at radius 1 is 0.638 bits per heavy atom. The van der Waals surface area contributed by atoms with Crippen molar-refractivity contribution in [2.24, 2.45) is 62.1 Å². The van der Waals surface area contributed by atoms with E-state index in [1.54, 1.807) is 0 Å². The van der Waals surface area contributed by atoms with E-state index in [4.69, 9.17) is 0 Å². The molecular weight excluding hydrogens is 584 g/mol. The molecular formula is C42H64O5. The molecule has 0 amide bonds. The number of carbonyl (C=O) groups excluding carboxylic acids is 5.